The Morgan fingerprint density at radius 3 is 2.89 bits per heavy atom. The van der Waals surface area contributed by atoms with E-state index in [1.807, 2.05) is 18.2 Å². The quantitative estimate of drug-likeness (QED) is 0.745. The lowest BCUT2D eigenvalue weighted by molar-refractivity contribution is 0.112. The number of carbonyl (C=O) groups is 1. The van der Waals surface area contributed by atoms with E-state index in [0.29, 0.717) is 6.04 Å². The highest BCUT2D eigenvalue weighted by molar-refractivity contribution is 5.84. The molecule has 18 heavy (non-hydrogen) atoms. The zero-order chi connectivity index (χ0) is 12.4. The van der Waals surface area contributed by atoms with Crippen LogP contribution in [0.25, 0.3) is 0 Å². The fourth-order valence-electron chi connectivity index (χ4n) is 3.25. The Hall–Kier alpha value is -1.35. The molecular weight excluding hydrogens is 224 g/mol. The number of anilines is 1. The fourth-order valence-corrected chi connectivity index (χ4v) is 3.25. The van der Waals surface area contributed by atoms with Crippen LogP contribution in [0.15, 0.2) is 24.3 Å². The lowest BCUT2D eigenvalue weighted by atomic mass is 9.99. The first-order chi connectivity index (χ1) is 8.88. The second kappa shape index (κ2) is 5.11. The molecule has 2 aliphatic rings. The van der Waals surface area contributed by atoms with Crippen molar-refractivity contribution in [1.29, 1.82) is 0 Å². The number of aldehydes is 1. The molecule has 2 fully saturated rings. The molecule has 1 unspecified atom stereocenters. The number of hydrogen-bond acceptors (Lipinski definition) is 3. The molecule has 96 valence electrons. The van der Waals surface area contributed by atoms with Crippen LogP contribution in [0.4, 0.5) is 5.69 Å². The van der Waals surface area contributed by atoms with Crippen LogP contribution < -0.4 is 4.90 Å². The van der Waals surface area contributed by atoms with Gasteiger partial charge in [0.15, 0.2) is 6.29 Å². The molecule has 0 saturated carbocycles. The summed E-state index contributed by atoms with van der Waals surface area (Å²) >= 11 is 0. The number of nitrogens with zero attached hydrogens (tertiary/aromatic N) is 2. The van der Waals surface area contributed by atoms with Gasteiger partial charge in [-0.3, -0.25) is 9.69 Å². The number of benzene rings is 1. The molecule has 2 heterocycles. The van der Waals surface area contributed by atoms with E-state index in [9.17, 15) is 4.79 Å². The number of para-hydroxylation sites is 1. The minimum absolute atomic E-state index is 0.687. The Kier molecular flexibility index (Phi) is 3.33. The summed E-state index contributed by atoms with van der Waals surface area (Å²) < 4.78 is 0. The van der Waals surface area contributed by atoms with Crippen LogP contribution >= 0.6 is 0 Å². The summed E-state index contributed by atoms with van der Waals surface area (Å²) in [6.07, 6.45) is 4.98. The van der Waals surface area contributed by atoms with Crippen molar-refractivity contribution in [2.75, 3.05) is 31.1 Å². The zero-order valence-corrected chi connectivity index (χ0v) is 10.7. The van der Waals surface area contributed by atoms with Gasteiger partial charge in [0.2, 0.25) is 0 Å². The van der Waals surface area contributed by atoms with E-state index in [2.05, 4.69) is 15.9 Å². The van der Waals surface area contributed by atoms with Crippen molar-refractivity contribution >= 4 is 12.0 Å². The Morgan fingerprint density at radius 1 is 1.11 bits per heavy atom. The van der Waals surface area contributed by atoms with E-state index >= 15 is 0 Å². The first-order valence-electron chi connectivity index (χ1n) is 6.91. The predicted molar refractivity (Wildman–Crippen MR) is 73.3 cm³/mol. The predicted octanol–water partition coefficient (Wildman–Crippen LogP) is 2.17. The molecule has 1 aromatic carbocycles. The lowest BCUT2D eigenvalue weighted by Gasteiger charge is -2.45. The van der Waals surface area contributed by atoms with Crippen molar-refractivity contribution in [3.8, 4) is 0 Å². The van der Waals surface area contributed by atoms with Gasteiger partial charge in [0.05, 0.1) is 0 Å². The van der Waals surface area contributed by atoms with Crippen molar-refractivity contribution < 1.29 is 4.79 Å². The number of fused-ring (bicyclic) bond motifs is 1. The summed E-state index contributed by atoms with van der Waals surface area (Å²) in [5.74, 6) is 0. The van der Waals surface area contributed by atoms with E-state index in [-0.39, 0.29) is 0 Å². The van der Waals surface area contributed by atoms with Gasteiger partial charge in [0.25, 0.3) is 0 Å². The van der Waals surface area contributed by atoms with Crippen molar-refractivity contribution in [2.45, 2.75) is 25.3 Å². The smallest absolute Gasteiger partial charge is 0.152 e. The Bertz CT molecular complexity index is 432. The van der Waals surface area contributed by atoms with Gasteiger partial charge >= 0.3 is 0 Å². The minimum Gasteiger partial charge on any atom is -0.368 e. The van der Waals surface area contributed by atoms with E-state index < -0.39 is 0 Å². The molecule has 0 aromatic heterocycles. The van der Waals surface area contributed by atoms with Gasteiger partial charge < -0.3 is 4.90 Å². The Balaban J connectivity index is 1.79. The molecule has 1 atom stereocenters. The highest BCUT2D eigenvalue weighted by Crippen LogP contribution is 2.26. The summed E-state index contributed by atoms with van der Waals surface area (Å²) in [6.45, 7) is 4.51. The third kappa shape index (κ3) is 2.15. The van der Waals surface area contributed by atoms with Crippen LogP contribution in [-0.4, -0.2) is 43.4 Å². The third-order valence-electron chi connectivity index (χ3n) is 4.24. The van der Waals surface area contributed by atoms with Gasteiger partial charge in [-0.15, -0.1) is 0 Å². The number of piperazine rings is 1. The summed E-state index contributed by atoms with van der Waals surface area (Å²) in [5, 5.41) is 0. The molecule has 1 aromatic rings. The number of piperidine rings is 1. The molecule has 3 heteroatoms. The van der Waals surface area contributed by atoms with E-state index in [4.69, 9.17) is 0 Å². The van der Waals surface area contributed by atoms with Crippen LogP contribution in [0.5, 0.6) is 0 Å². The number of hydrogen-bond donors (Lipinski definition) is 0. The second-order valence-corrected chi connectivity index (χ2v) is 5.31. The largest absolute Gasteiger partial charge is 0.368 e. The highest BCUT2D eigenvalue weighted by atomic mass is 16.1. The molecule has 0 radical (unpaired) electrons. The van der Waals surface area contributed by atoms with Gasteiger partial charge in [-0.1, -0.05) is 18.6 Å². The maximum atomic E-state index is 11.1. The third-order valence-corrected chi connectivity index (χ3v) is 4.24. The molecule has 0 aliphatic carbocycles. The van der Waals surface area contributed by atoms with Gasteiger partial charge in [0, 0.05) is 36.9 Å². The maximum absolute atomic E-state index is 11.1. The Labute approximate surface area is 108 Å². The highest BCUT2D eigenvalue weighted by Gasteiger charge is 2.29. The monoisotopic (exact) mass is 244 g/mol. The van der Waals surface area contributed by atoms with Crippen molar-refractivity contribution in [3.63, 3.8) is 0 Å². The Morgan fingerprint density at radius 2 is 2.00 bits per heavy atom. The minimum atomic E-state index is 0.687. The summed E-state index contributed by atoms with van der Waals surface area (Å²) in [4.78, 5) is 16.1. The standard InChI is InChI=1S/C15H20N2O/c18-12-13-5-1-2-7-15(13)17-10-9-16-8-4-3-6-14(16)11-17/h1-2,5,7,12,14H,3-4,6,8-11H2. The molecule has 3 nitrogen and oxygen atoms in total. The normalized spacial score (nSPS) is 24.7. The fraction of sp³-hybridized carbons (Fsp3) is 0.533. The van der Waals surface area contributed by atoms with Crippen LogP contribution in [0.2, 0.25) is 0 Å². The average Bonchev–Trinajstić information content (AvgIpc) is 2.46. The lowest BCUT2D eigenvalue weighted by Crippen LogP contribution is -2.55. The summed E-state index contributed by atoms with van der Waals surface area (Å²) in [5.41, 5.74) is 1.93. The van der Waals surface area contributed by atoms with E-state index in [1.54, 1.807) is 0 Å². The van der Waals surface area contributed by atoms with Crippen LogP contribution in [0, 0.1) is 0 Å². The first-order valence-corrected chi connectivity index (χ1v) is 6.91. The van der Waals surface area contributed by atoms with Crippen molar-refractivity contribution in [1.82, 2.24) is 4.90 Å². The molecule has 2 saturated heterocycles. The van der Waals surface area contributed by atoms with Crippen LogP contribution in [0.1, 0.15) is 29.6 Å². The topological polar surface area (TPSA) is 23.6 Å². The maximum Gasteiger partial charge on any atom is 0.152 e. The van der Waals surface area contributed by atoms with Gasteiger partial charge in [0.1, 0.15) is 0 Å². The molecule has 0 bridgehead atoms. The van der Waals surface area contributed by atoms with Crippen LogP contribution in [0.3, 0.4) is 0 Å². The average molecular weight is 244 g/mol. The SMILES string of the molecule is O=Cc1ccccc1N1CCN2CCCCC2C1. The molecule has 0 spiro atoms. The zero-order valence-electron chi connectivity index (χ0n) is 10.7. The second-order valence-electron chi connectivity index (χ2n) is 5.31. The summed E-state index contributed by atoms with van der Waals surface area (Å²) in [7, 11) is 0. The molecule has 2 aliphatic heterocycles. The van der Waals surface area contributed by atoms with E-state index in [1.165, 1.54) is 25.8 Å². The number of rotatable bonds is 2. The molecule has 0 N–H and O–H groups in total. The molecular formula is C15H20N2O. The summed E-state index contributed by atoms with van der Waals surface area (Å²) in [6, 6.07) is 8.63. The van der Waals surface area contributed by atoms with Crippen molar-refractivity contribution in [3.05, 3.63) is 29.8 Å². The van der Waals surface area contributed by atoms with Gasteiger partial charge in [-0.05, 0) is 31.5 Å². The van der Waals surface area contributed by atoms with Gasteiger partial charge in [-0.25, -0.2) is 0 Å². The molecule has 3 rings (SSSR count). The van der Waals surface area contributed by atoms with E-state index in [0.717, 1.165) is 37.2 Å². The van der Waals surface area contributed by atoms with Crippen LogP contribution in [-0.2, 0) is 0 Å². The first kappa shape index (κ1) is 11.7. The molecule has 0 amide bonds. The van der Waals surface area contributed by atoms with Gasteiger partial charge in [-0.2, -0.15) is 0 Å². The van der Waals surface area contributed by atoms with Crippen molar-refractivity contribution in [2.24, 2.45) is 0 Å². The number of carbonyl (C=O) groups excluding carboxylic acids is 1.